The first-order chi connectivity index (χ1) is 15.3. The highest BCUT2D eigenvalue weighted by Crippen LogP contribution is 2.22. The van der Waals surface area contributed by atoms with Crippen LogP contribution in [-0.4, -0.2) is 28.0 Å². The second kappa shape index (κ2) is 10.2. The molecule has 8 heteroatoms. The van der Waals surface area contributed by atoms with Crippen molar-refractivity contribution in [1.29, 1.82) is 0 Å². The molecular formula is C24H26N2O5S. The van der Waals surface area contributed by atoms with Gasteiger partial charge in [0.25, 0.3) is 15.9 Å². The molecule has 0 radical (unpaired) electrons. The van der Waals surface area contributed by atoms with Crippen molar-refractivity contribution in [2.75, 3.05) is 18.4 Å². The van der Waals surface area contributed by atoms with Gasteiger partial charge in [0.2, 0.25) is 0 Å². The molecule has 1 unspecified atom stereocenters. The summed E-state index contributed by atoms with van der Waals surface area (Å²) in [7, 11) is -2.33. The third-order valence-electron chi connectivity index (χ3n) is 4.77. The molecule has 0 aromatic heterocycles. The summed E-state index contributed by atoms with van der Waals surface area (Å²) < 4.78 is 38.7. The fourth-order valence-corrected chi connectivity index (χ4v) is 4.19. The van der Waals surface area contributed by atoms with E-state index < -0.39 is 10.0 Å². The third-order valence-corrected chi connectivity index (χ3v) is 6.14. The Kier molecular flexibility index (Phi) is 7.37. The molecule has 0 saturated heterocycles. The first-order valence-corrected chi connectivity index (χ1v) is 11.6. The molecule has 0 aliphatic rings. The second-order valence-electron chi connectivity index (χ2n) is 7.06. The Balaban J connectivity index is 1.74. The first-order valence-electron chi connectivity index (χ1n) is 10.1. The summed E-state index contributed by atoms with van der Waals surface area (Å²) in [5.41, 5.74) is 1.52. The van der Waals surface area contributed by atoms with E-state index in [1.54, 1.807) is 30.3 Å². The Morgan fingerprint density at radius 1 is 0.969 bits per heavy atom. The van der Waals surface area contributed by atoms with Crippen LogP contribution >= 0.6 is 0 Å². The number of carbonyl (C=O) groups is 1. The molecule has 32 heavy (non-hydrogen) atoms. The summed E-state index contributed by atoms with van der Waals surface area (Å²) in [5.74, 6) is 0.970. The highest BCUT2D eigenvalue weighted by molar-refractivity contribution is 7.92. The zero-order valence-corrected chi connectivity index (χ0v) is 19.0. The minimum absolute atomic E-state index is 0.00744. The molecule has 0 aliphatic carbocycles. The molecule has 2 N–H and O–H groups in total. The van der Waals surface area contributed by atoms with Gasteiger partial charge in [0.15, 0.2) is 0 Å². The predicted octanol–water partition coefficient (Wildman–Crippen LogP) is 4.39. The predicted molar refractivity (Wildman–Crippen MR) is 124 cm³/mol. The van der Waals surface area contributed by atoms with E-state index in [1.807, 2.05) is 38.1 Å². The number of nitrogens with one attached hydrogen (secondary N) is 2. The van der Waals surface area contributed by atoms with Gasteiger partial charge in [-0.3, -0.25) is 9.52 Å². The van der Waals surface area contributed by atoms with Gasteiger partial charge in [-0.15, -0.1) is 0 Å². The quantitative estimate of drug-likeness (QED) is 0.500. The van der Waals surface area contributed by atoms with Gasteiger partial charge < -0.3 is 14.8 Å². The second-order valence-corrected chi connectivity index (χ2v) is 8.74. The van der Waals surface area contributed by atoms with Crippen LogP contribution in [0, 0.1) is 0 Å². The van der Waals surface area contributed by atoms with Crippen LogP contribution in [0.3, 0.4) is 0 Å². The van der Waals surface area contributed by atoms with Crippen LogP contribution in [0.15, 0.2) is 77.7 Å². The summed E-state index contributed by atoms with van der Waals surface area (Å²) in [6.45, 7) is 4.31. The minimum Gasteiger partial charge on any atom is -0.497 e. The van der Waals surface area contributed by atoms with E-state index in [2.05, 4.69) is 10.0 Å². The lowest BCUT2D eigenvalue weighted by molar-refractivity contribution is 0.0939. The molecule has 3 aromatic rings. The van der Waals surface area contributed by atoms with E-state index in [1.165, 1.54) is 25.3 Å². The van der Waals surface area contributed by atoms with Crippen molar-refractivity contribution < 1.29 is 22.7 Å². The molecule has 0 heterocycles. The normalized spacial score (nSPS) is 12.0. The van der Waals surface area contributed by atoms with Crippen molar-refractivity contribution in [3.05, 3.63) is 83.9 Å². The Morgan fingerprint density at radius 3 is 2.38 bits per heavy atom. The lowest BCUT2D eigenvalue weighted by Crippen LogP contribution is -2.27. The van der Waals surface area contributed by atoms with E-state index in [0.29, 0.717) is 18.0 Å². The molecule has 0 bridgehead atoms. The first kappa shape index (κ1) is 23.1. The zero-order valence-electron chi connectivity index (χ0n) is 18.2. The van der Waals surface area contributed by atoms with Crippen molar-refractivity contribution in [3.8, 4) is 11.5 Å². The summed E-state index contributed by atoms with van der Waals surface area (Å²) in [4.78, 5) is 12.8. The molecule has 0 aliphatic heterocycles. The van der Waals surface area contributed by atoms with E-state index in [0.717, 1.165) is 11.3 Å². The van der Waals surface area contributed by atoms with Crippen LogP contribution in [0.5, 0.6) is 11.5 Å². The summed E-state index contributed by atoms with van der Waals surface area (Å²) >= 11 is 0. The number of anilines is 1. The number of benzene rings is 3. The Bertz CT molecular complexity index is 1180. The maximum Gasteiger partial charge on any atom is 0.261 e. The minimum atomic E-state index is -3.87. The average molecular weight is 455 g/mol. The van der Waals surface area contributed by atoms with Gasteiger partial charge in [-0.05, 0) is 74.0 Å². The van der Waals surface area contributed by atoms with Crippen molar-refractivity contribution in [3.63, 3.8) is 0 Å². The summed E-state index contributed by atoms with van der Waals surface area (Å²) in [6, 6.07) is 19.6. The summed E-state index contributed by atoms with van der Waals surface area (Å²) in [5, 5.41) is 2.90. The van der Waals surface area contributed by atoms with Gasteiger partial charge in [-0.25, -0.2) is 8.42 Å². The van der Waals surface area contributed by atoms with E-state index >= 15 is 0 Å². The molecule has 0 spiro atoms. The Morgan fingerprint density at radius 2 is 1.69 bits per heavy atom. The number of hydrogen-bond donors (Lipinski definition) is 2. The van der Waals surface area contributed by atoms with Gasteiger partial charge in [-0.1, -0.05) is 18.2 Å². The van der Waals surface area contributed by atoms with Crippen molar-refractivity contribution in [2.45, 2.75) is 24.8 Å². The van der Waals surface area contributed by atoms with Gasteiger partial charge in [0.05, 0.1) is 24.7 Å². The van der Waals surface area contributed by atoms with Crippen LogP contribution < -0.4 is 19.5 Å². The largest absolute Gasteiger partial charge is 0.497 e. The molecule has 1 amide bonds. The van der Waals surface area contributed by atoms with Crippen molar-refractivity contribution >= 4 is 21.6 Å². The average Bonchev–Trinajstić information content (AvgIpc) is 2.80. The van der Waals surface area contributed by atoms with Crippen LogP contribution in [0.25, 0.3) is 0 Å². The highest BCUT2D eigenvalue weighted by Gasteiger charge is 2.18. The number of hydrogen-bond acceptors (Lipinski definition) is 5. The number of rotatable bonds is 9. The summed E-state index contributed by atoms with van der Waals surface area (Å²) in [6.07, 6.45) is 0. The molecule has 7 nitrogen and oxygen atoms in total. The number of methoxy groups -OCH3 is 1. The van der Waals surface area contributed by atoms with Gasteiger partial charge in [-0.2, -0.15) is 0 Å². The molecule has 168 valence electrons. The molecule has 1 atom stereocenters. The van der Waals surface area contributed by atoms with Crippen LogP contribution in [0.2, 0.25) is 0 Å². The van der Waals surface area contributed by atoms with Crippen molar-refractivity contribution in [2.24, 2.45) is 0 Å². The maximum absolute atomic E-state index is 12.8. The topological polar surface area (TPSA) is 93.7 Å². The lowest BCUT2D eigenvalue weighted by Gasteiger charge is -2.16. The lowest BCUT2D eigenvalue weighted by atomic mass is 10.1. The van der Waals surface area contributed by atoms with Crippen LogP contribution in [0.1, 0.15) is 35.8 Å². The third kappa shape index (κ3) is 5.79. The maximum atomic E-state index is 12.8. The van der Waals surface area contributed by atoms with Crippen LogP contribution in [-0.2, 0) is 10.0 Å². The zero-order chi connectivity index (χ0) is 23.1. The van der Waals surface area contributed by atoms with Crippen LogP contribution in [0.4, 0.5) is 5.69 Å². The number of sulfonamides is 1. The number of carbonyl (C=O) groups excluding carboxylic acids is 1. The smallest absolute Gasteiger partial charge is 0.261 e. The van der Waals surface area contributed by atoms with E-state index in [9.17, 15) is 13.2 Å². The Hall–Kier alpha value is -3.52. The molecular weight excluding hydrogens is 428 g/mol. The molecule has 0 fully saturated rings. The van der Waals surface area contributed by atoms with Gasteiger partial charge in [0.1, 0.15) is 11.5 Å². The van der Waals surface area contributed by atoms with Gasteiger partial charge in [0, 0.05) is 11.3 Å². The van der Waals surface area contributed by atoms with Crippen molar-refractivity contribution in [1.82, 2.24) is 5.32 Å². The Labute approximate surface area is 188 Å². The van der Waals surface area contributed by atoms with E-state index in [-0.39, 0.29) is 22.4 Å². The SMILES string of the molecule is CCOc1cccc(C(C)NC(=O)c2cccc(S(=O)(=O)Nc3ccc(OC)cc3)c2)c1. The fourth-order valence-electron chi connectivity index (χ4n) is 3.08. The fraction of sp³-hybridized carbons (Fsp3) is 0.208. The number of amides is 1. The van der Waals surface area contributed by atoms with Gasteiger partial charge >= 0.3 is 0 Å². The molecule has 3 rings (SSSR count). The molecule has 0 saturated carbocycles. The number of ether oxygens (including phenoxy) is 2. The standard InChI is InChI=1S/C24H26N2O5S/c1-4-31-22-9-5-7-18(15-22)17(2)25-24(27)19-8-6-10-23(16-19)32(28,29)26-20-11-13-21(30-3)14-12-20/h5-17,26H,4H2,1-3H3,(H,25,27). The monoisotopic (exact) mass is 454 g/mol. The highest BCUT2D eigenvalue weighted by atomic mass is 32.2. The molecule has 3 aromatic carbocycles. The van der Waals surface area contributed by atoms with E-state index in [4.69, 9.17) is 9.47 Å².